The molecular formula is C15H15ClFNS. The molecule has 1 nitrogen and oxygen atoms in total. The Hall–Kier alpha value is -1.03. The van der Waals surface area contributed by atoms with Crippen LogP contribution in [0.4, 0.5) is 4.39 Å². The maximum absolute atomic E-state index is 13.3. The lowest BCUT2D eigenvalue weighted by atomic mass is 10.1. The summed E-state index contributed by atoms with van der Waals surface area (Å²) < 4.78 is 13.3. The predicted octanol–water partition coefficient (Wildman–Crippen LogP) is 4.79. The van der Waals surface area contributed by atoms with Crippen molar-refractivity contribution in [3.63, 3.8) is 0 Å². The van der Waals surface area contributed by atoms with Gasteiger partial charge in [0, 0.05) is 16.7 Å². The predicted molar refractivity (Wildman–Crippen MR) is 80.0 cm³/mol. The lowest BCUT2D eigenvalue weighted by Crippen LogP contribution is -2.04. The summed E-state index contributed by atoms with van der Waals surface area (Å²) in [6.07, 6.45) is 0. The van der Waals surface area contributed by atoms with Crippen molar-refractivity contribution in [2.45, 2.75) is 23.6 Å². The summed E-state index contributed by atoms with van der Waals surface area (Å²) in [7, 11) is 0. The summed E-state index contributed by atoms with van der Waals surface area (Å²) in [6.45, 7) is 1.96. The first-order valence-electron chi connectivity index (χ1n) is 5.98. The summed E-state index contributed by atoms with van der Waals surface area (Å²) in [5, 5.41) is 0.160. The Morgan fingerprint density at radius 2 is 2.05 bits per heavy atom. The molecule has 0 aliphatic rings. The molecule has 4 heteroatoms. The zero-order chi connectivity index (χ0) is 13.8. The Kier molecular flexibility index (Phi) is 4.86. The molecule has 0 fully saturated rings. The molecule has 0 radical (unpaired) electrons. The van der Waals surface area contributed by atoms with Gasteiger partial charge in [-0.1, -0.05) is 29.8 Å². The molecule has 19 heavy (non-hydrogen) atoms. The minimum atomic E-state index is -0.371. The number of benzene rings is 2. The molecule has 0 amide bonds. The highest BCUT2D eigenvalue weighted by Gasteiger charge is 2.04. The molecule has 100 valence electrons. The standard InChI is InChI=1S/C15H15ClFNS/c1-10(18)12-3-2-4-13(8-12)19-9-11-5-6-14(16)15(17)7-11/h2-8,10H,9,18H2,1H3. The van der Waals surface area contributed by atoms with Crippen molar-refractivity contribution in [2.75, 3.05) is 0 Å². The van der Waals surface area contributed by atoms with Gasteiger partial charge in [0.25, 0.3) is 0 Å². The van der Waals surface area contributed by atoms with E-state index >= 15 is 0 Å². The van der Waals surface area contributed by atoms with E-state index in [1.807, 2.05) is 31.2 Å². The van der Waals surface area contributed by atoms with Crippen molar-refractivity contribution in [2.24, 2.45) is 5.73 Å². The number of nitrogens with two attached hydrogens (primary N) is 1. The Balaban J connectivity index is 2.05. The summed E-state index contributed by atoms with van der Waals surface area (Å²) in [4.78, 5) is 1.13. The molecule has 0 aromatic heterocycles. The smallest absolute Gasteiger partial charge is 0.142 e. The Morgan fingerprint density at radius 1 is 1.26 bits per heavy atom. The third kappa shape index (κ3) is 3.96. The van der Waals surface area contributed by atoms with Gasteiger partial charge in [-0.15, -0.1) is 11.8 Å². The van der Waals surface area contributed by atoms with Gasteiger partial charge in [-0.3, -0.25) is 0 Å². The topological polar surface area (TPSA) is 26.0 Å². The van der Waals surface area contributed by atoms with E-state index in [0.717, 1.165) is 16.0 Å². The van der Waals surface area contributed by atoms with Crippen molar-refractivity contribution in [1.82, 2.24) is 0 Å². The third-order valence-electron chi connectivity index (χ3n) is 2.77. The van der Waals surface area contributed by atoms with E-state index in [0.29, 0.717) is 5.75 Å². The normalized spacial score (nSPS) is 12.4. The Bertz CT molecular complexity index is 572. The monoisotopic (exact) mass is 295 g/mol. The Morgan fingerprint density at radius 3 is 2.74 bits per heavy atom. The second-order valence-electron chi connectivity index (χ2n) is 4.40. The third-order valence-corrected chi connectivity index (χ3v) is 4.14. The fourth-order valence-electron chi connectivity index (χ4n) is 1.68. The zero-order valence-electron chi connectivity index (χ0n) is 10.6. The van der Waals surface area contributed by atoms with Gasteiger partial charge in [-0.2, -0.15) is 0 Å². The van der Waals surface area contributed by atoms with Crippen LogP contribution < -0.4 is 5.73 Å². The zero-order valence-corrected chi connectivity index (χ0v) is 12.1. The second-order valence-corrected chi connectivity index (χ2v) is 5.85. The van der Waals surface area contributed by atoms with Crippen LogP contribution >= 0.6 is 23.4 Å². The van der Waals surface area contributed by atoms with Gasteiger partial charge in [0.15, 0.2) is 0 Å². The van der Waals surface area contributed by atoms with Crippen molar-refractivity contribution in [3.05, 3.63) is 64.4 Å². The molecule has 0 spiro atoms. The molecule has 2 N–H and O–H groups in total. The molecular weight excluding hydrogens is 281 g/mol. The highest BCUT2D eigenvalue weighted by molar-refractivity contribution is 7.98. The van der Waals surface area contributed by atoms with Crippen LogP contribution in [0.5, 0.6) is 0 Å². The first-order chi connectivity index (χ1) is 9.06. The van der Waals surface area contributed by atoms with E-state index < -0.39 is 0 Å². The number of hydrogen-bond donors (Lipinski definition) is 1. The molecule has 1 unspecified atom stereocenters. The van der Waals surface area contributed by atoms with E-state index in [4.69, 9.17) is 17.3 Å². The average Bonchev–Trinajstić information content (AvgIpc) is 2.40. The first-order valence-corrected chi connectivity index (χ1v) is 7.35. The van der Waals surface area contributed by atoms with Crippen LogP contribution in [0, 0.1) is 5.82 Å². The van der Waals surface area contributed by atoms with Gasteiger partial charge in [0.2, 0.25) is 0 Å². The fraction of sp³-hybridized carbons (Fsp3) is 0.200. The molecule has 1 atom stereocenters. The van der Waals surface area contributed by atoms with Crippen LogP contribution in [-0.2, 0) is 5.75 Å². The van der Waals surface area contributed by atoms with E-state index in [1.165, 1.54) is 6.07 Å². The van der Waals surface area contributed by atoms with Crippen LogP contribution in [0.25, 0.3) is 0 Å². The number of rotatable bonds is 4. The minimum absolute atomic E-state index is 0.0218. The van der Waals surface area contributed by atoms with Gasteiger partial charge in [-0.25, -0.2) is 4.39 Å². The lowest BCUT2D eigenvalue weighted by molar-refractivity contribution is 0.627. The van der Waals surface area contributed by atoms with Gasteiger partial charge in [0.05, 0.1) is 5.02 Å². The summed E-state index contributed by atoms with van der Waals surface area (Å²) in [6, 6.07) is 13.0. The minimum Gasteiger partial charge on any atom is -0.324 e. The van der Waals surface area contributed by atoms with E-state index in [1.54, 1.807) is 17.8 Å². The first kappa shape index (κ1) is 14.4. The van der Waals surface area contributed by atoms with Crippen molar-refractivity contribution in [1.29, 1.82) is 0 Å². The molecule has 0 saturated carbocycles. The number of thioether (sulfide) groups is 1. The van der Waals surface area contributed by atoms with Gasteiger partial charge >= 0.3 is 0 Å². The van der Waals surface area contributed by atoms with Gasteiger partial charge in [0.1, 0.15) is 5.82 Å². The highest BCUT2D eigenvalue weighted by Crippen LogP contribution is 2.26. The maximum Gasteiger partial charge on any atom is 0.142 e. The van der Waals surface area contributed by atoms with Crippen LogP contribution in [-0.4, -0.2) is 0 Å². The van der Waals surface area contributed by atoms with E-state index in [-0.39, 0.29) is 16.9 Å². The highest BCUT2D eigenvalue weighted by atomic mass is 35.5. The van der Waals surface area contributed by atoms with Crippen LogP contribution in [0.3, 0.4) is 0 Å². The molecule has 0 aliphatic carbocycles. The quantitative estimate of drug-likeness (QED) is 0.821. The Labute approximate surface area is 122 Å². The number of hydrogen-bond acceptors (Lipinski definition) is 2. The van der Waals surface area contributed by atoms with Crippen molar-refractivity contribution in [3.8, 4) is 0 Å². The molecule has 0 heterocycles. The lowest BCUT2D eigenvalue weighted by Gasteiger charge is -2.08. The van der Waals surface area contributed by atoms with E-state index in [2.05, 4.69) is 6.07 Å². The largest absolute Gasteiger partial charge is 0.324 e. The van der Waals surface area contributed by atoms with Gasteiger partial charge in [-0.05, 0) is 42.3 Å². The SMILES string of the molecule is CC(N)c1cccc(SCc2ccc(Cl)c(F)c2)c1. The van der Waals surface area contributed by atoms with Crippen LogP contribution in [0.2, 0.25) is 5.02 Å². The second kappa shape index (κ2) is 6.42. The summed E-state index contributed by atoms with van der Waals surface area (Å²) in [5.74, 6) is 0.334. The molecule has 0 aliphatic heterocycles. The maximum atomic E-state index is 13.3. The van der Waals surface area contributed by atoms with Crippen LogP contribution in [0.15, 0.2) is 47.4 Å². The molecule has 0 bridgehead atoms. The van der Waals surface area contributed by atoms with Crippen molar-refractivity contribution >= 4 is 23.4 Å². The fourth-order valence-corrected chi connectivity index (χ4v) is 2.71. The average molecular weight is 296 g/mol. The summed E-state index contributed by atoms with van der Waals surface area (Å²) in [5.41, 5.74) is 7.87. The summed E-state index contributed by atoms with van der Waals surface area (Å²) >= 11 is 7.31. The molecule has 2 rings (SSSR count). The van der Waals surface area contributed by atoms with E-state index in [9.17, 15) is 4.39 Å². The van der Waals surface area contributed by atoms with Gasteiger partial charge < -0.3 is 5.73 Å². The molecule has 2 aromatic carbocycles. The number of halogens is 2. The van der Waals surface area contributed by atoms with Crippen molar-refractivity contribution < 1.29 is 4.39 Å². The van der Waals surface area contributed by atoms with Crippen LogP contribution in [0.1, 0.15) is 24.1 Å². The molecule has 2 aromatic rings. The molecule has 0 saturated heterocycles.